The van der Waals surface area contributed by atoms with Gasteiger partial charge in [-0.2, -0.15) is 40.8 Å². The van der Waals surface area contributed by atoms with Gasteiger partial charge in [0.15, 0.2) is 0 Å². The Bertz CT molecular complexity index is 4780. The number of pyridine rings is 3. The Morgan fingerprint density at radius 1 is 0.168 bits per heavy atom. The fourth-order valence-corrected chi connectivity index (χ4v) is 8.72. The third kappa shape index (κ3) is 49.9. The van der Waals surface area contributed by atoms with Gasteiger partial charge in [0.25, 0.3) is 0 Å². The number of nitrogens with zero attached hydrogens (tertiary/aromatic N) is 31. The van der Waals surface area contributed by atoms with Crippen molar-refractivity contribution in [3.05, 3.63) is 343 Å². The van der Waals surface area contributed by atoms with Gasteiger partial charge in [0, 0.05) is 71.3 Å². The molecule has 0 bridgehead atoms. The first kappa shape index (κ1) is 119. The van der Waals surface area contributed by atoms with Gasteiger partial charge in [0.05, 0.1) is 105 Å². The molecule has 0 aliphatic heterocycles. The molecule has 0 saturated carbocycles. The van der Waals surface area contributed by atoms with Crippen molar-refractivity contribution in [2.75, 3.05) is 0 Å². The third-order valence-corrected chi connectivity index (χ3v) is 20.3. The molecule has 0 saturated heterocycles. The second-order valence-corrected chi connectivity index (χ2v) is 30.6. The van der Waals surface area contributed by atoms with E-state index in [-0.39, 0.29) is 14.9 Å². The van der Waals surface area contributed by atoms with Crippen molar-refractivity contribution in [3.8, 4) is 0 Å². The standard InChI is InChI=1S/3C8H11N.C8H10.5C7H10N2.C6H9N3.C6H8N2.3C5H7N3.C4H6N4.2CH4/c1-6-4-9-5-7(2)8(6)3;1-6-4-5-9-8(3)7(6)2;1-6-4-5-7(2)9-8(6)3;1-7-5-3-4-6-8(7)2;1-5-6(2)8-4-9-7(5)3;1-5-4-8-6(2)7(3)9-5;1-5-4-8-7(3)9-6(5)2;2*1-5-4-8-9-7(3)6(5)2;1-4-5(2)8-9-6(3)7-4;1-5-3-4-7-8-6(5)2;1-4-5(2)8-7-3-6-4;2*1-4-3-6-8-7-5(4)2;1-3-4(2)6-8-7-5-3;;/h3*4-5H,1-3H3;3-6H,1-2H3;5*4H,1-3H3;1-3H3;3-4H,1-2H3;3*3H,1-2H3;1-2H3;2*1H4. The van der Waals surface area contributed by atoms with Crippen LogP contribution in [0.2, 0.25) is 0 Å². The van der Waals surface area contributed by atoms with Crippen LogP contribution in [0.15, 0.2) is 123 Å². The van der Waals surface area contributed by atoms with E-state index < -0.39 is 0 Å². The highest BCUT2D eigenvalue weighted by molar-refractivity contribution is 5.30. The van der Waals surface area contributed by atoms with Crippen LogP contribution in [0.3, 0.4) is 0 Å². The van der Waals surface area contributed by atoms with Crippen molar-refractivity contribution in [2.24, 2.45) is 0 Å². The van der Waals surface area contributed by atoms with Gasteiger partial charge < -0.3 is 0 Å². The van der Waals surface area contributed by atoms with Crippen molar-refractivity contribution in [1.29, 1.82) is 0 Å². The maximum absolute atomic E-state index is 4.27. The highest BCUT2D eigenvalue weighted by atomic mass is 15.4. The van der Waals surface area contributed by atoms with E-state index in [0.29, 0.717) is 0 Å². The highest BCUT2D eigenvalue weighted by Crippen LogP contribution is 2.12. The topological polar surface area (TPSA) is 400 Å². The van der Waals surface area contributed by atoms with Crippen LogP contribution in [0.25, 0.3) is 0 Å². The lowest BCUT2D eigenvalue weighted by Gasteiger charge is -1.99. The molecular formula is C100H145N31. The van der Waals surface area contributed by atoms with Gasteiger partial charge in [0.1, 0.15) is 24.3 Å². The molecule has 15 rings (SSSR count). The lowest BCUT2D eigenvalue weighted by atomic mass is 10.1. The molecule has 0 radical (unpaired) electrons. The summed E-state index contributed by atoms with van der Waals surface area (Å²) in [6, 6.07) is 16.5. The molecule has 1 aromatic carbocycles. The first-order chi connectivity index (χ1) is 60.7. The predicted octanol–water partition coefficient (Wildman–Crippen LogP) is 19.8. The zero-order chi connectivity index (χ0) is 97.6. The largest absolute Gasteiger partial charge is 0.264 e. The van der Waals surface area contributed by atoms with E-state index in [9.17, 15) is 0 Å². The zero-order valence-corrected chi connectivity index (χ0v) is 83.9. The Kier molecular flexibility index (Phi) is 58.9. The smallest absolute Gasteiger partial charge is 0.148 e. The van der Waals surface area contributed by atoms with Crippen molar-refractivity contribution in [2.45, 2.75) is 285 Å². The Labute approximate surface area is 781 Å². The molecule has 0 fully saturated rings. The molecule has 14 aromatic heterocycles. The maximum atomic E-state index is 4.27. The van der Waals surface area contributed by atoms with E-state index in [4.69, 9.17) is 0 Å². The molecule has 700 valence electrons. The van der Waals surface area contributed by atoms with E-state index in [2.05, 4.69) is 257 Å². The van der Waals surface area contributed by atoms with Crippen LogP contribution >= 0.6 is 0 Å². The molecular weight excluding hydrogens is 1640 g/mol. The molecule has 0 aliphatic carbocycles. The summed E-state index contributed by atoms with van der Waals surface area (Å²) in [5.41, 5.74) is 41.0. The van der Waals surface area contributed by atoms with E-state index in [1.807, 2.05) is 244 Å². The number of benzene rings is 1. The van der Waals surface area contributed by atoms with Crippen molar-refractivity contribution >= 4 is 0 Å². The van der Waals surface area contributed by atoms with Crippen LogP contribution in [-0.2, 0) is 0 Å². The van der Waals surface area contributed by atoms with Crippen LogP contribution in [0, 0.1) is 270 Å². The molecule has 14 heterocycles. The van der Waals surface area contributed by atoms with Crippen LogP contribution in [0.4, 0.5) is 0 Å². The summed E-state index contributed by atoms with van der Waals surface area (Å²) in [4.78, 5) is 45.0. The Balaban J connectivity index is 0. The minimum absolute atomic E-state index is 0. The van der Waals surface area contributed by atoms with Gasteiger partial charge in [-0.3, -0.25) is 24.9 Å². The Hall–Kier alpha value is -13.9. The fourth-order valence-electron chi connectivity index (χ4n) is 8.72. The molecule has 0 aliphatic rings. The third-order valence-electron chi connectivity index (χ3n) is 20.3. The number of hydrogen-bond donors (Lipinski definition) is 0. The van der Waals surface area contributed by atoms with Gasteiger partial charge >= 0.3 is 0 Å². The number of aryl methyl sites for hydroxylation is 34. The monoisotopic (exact) mass is 1780 g/mol. The van der Waals surface area contributed by atoms with Crippen LogP contribution in [-0.4, -0.2) is 157 Å². The molecule has 31 nitrogen and oxygen atoms in total. The van der Waals surface area contributed by atoms with Crippen LogP contribution in [0.1, 0.15) is 235 Å². The van der Waals surface area contributed by atoms with Crippen molar-refractivity contribution in [1.82, 2.24) is 157 Å². The maximum Gasteiger partial charge on any atom is 0.148 e. The first-order valence-electron chi connectivity index (χ1n) is 41.9. The quantitative estimate of drug-likeness (QED) is 0.136. The lowest BCUT2D eigenvalue weighted by Crippen LogP contribution is -1.97. The van der Waals surface area contributed by atoms with Gasteiger partial charge in [-0.05, 0) is 404 Å². The normalized spacial score (nSPS) is 9.37. The SMILES string of the molecule is C.C.Cc1ccc(C)c(C)n1.Cc1ccccc1C.Cc1ccnc(C)c1C.Cc1ccnnc1C.Cc1cnc(C)c(C)n1.Cc1cncc(C)c1C.Cc1cnnc(C)c1C.Cc1cnnc(C)c1C.Cc1cnnnc1C.Cc1cnnnc1C.Cc1ncc(C)c(C)n1.Cc1ncnc(C)c1C.Cc1ncnnc1C.Cc1nnc(C)c(C)n1.Cc1nnnnc1C. The number of hydrogen-bond acceptors (Lipinski definition) is 31. The Morgan fingerprint density at radius 3 is 0.870 bits per heavy atom. The summed E-state index contributed by atoms with van der Waals surface area (Å²) in [6.07, 6.45) is 20.9. The molecule has 15 aromatic rings. The van der Waals surface area contributed by atoms with Crippen molar-refractivity contribution in [3.63, 3.8) is 0 Å². The highest BCUT2D eigenvalue weighted by Gasteiger charge is 2.02. The average Bonchev–Trinajstić information content (AvgIpc) is 0.913. The van der Waals surface area contributed by atoms with Gasteiger partial charge in [0.2, 0.25) is 0 Å². The van der Waals surface area contributed by atoms with Crippen LogP contribution < -0.4 is 0 Å². The van der Waals surface area contributed by atoms with Crippen LogP contribution in [0.5, 0.6) is 0 Å². The zero-order valence-electron chi connectivity index (χ0n) is 83.9. The van der Waals surface area contributed by atoms with E-state index in [1.54, 1.807) is 43.5 Å². The molecule has 131 heavy (non-hydrogen) atoms. The fraction of sp³-hybridized carbons (Fsp3) is 0.410. The molecule has 0 atom stereocenters. The van der Waals surface area contributed by atoms with Gasteiger partial charge in [-0.1, -0.05) is 45.2 Å². The lowest BCUT2D eigenvalue weighted by molar-refractivity contribution is 0.722. The second-order valence-electron chi connectivity index (χ2n) is 30.6. The summed E-state index contributed by atoms with van der Waals surface area (Å²) >= 11 is 0. The molecule has 31 heteroatoms. The molecule has 0 unspecified atom stereocenters. The van der Waals surface area contributed by atoms with Crippen molar-refractivity contribution < 1.29 is 0 Å². The summed E-state index contributed by atoms with van der Waals surface area (Å²) in [6.45, 7) is 77.6. The molecule has 0 spiro atoms. The minimum atomic E-state index is 0. The molecule has 0 N–H and O–H groups in total. The minimum Gasteiger partial charge on any atom is -0.264 e. The van der Waals surface area contributed by atoms with E-state index in [1.165, 1.54) is 84.2 Å². The van der Waals surface area contributed by atoms with Gasteiger partial charge in [-0.25, -0.2) is 29.9 Å². The summed E-state index contributed by atoms with van der Waals surface area (Å²) in [7, 11) is 0. The first-order valence-corrected chi connectivity index (χ1v) is 41.9. The summed E-state index contributed by atoms with van der Waals surface area (Å²) in [5.74, 6) is 1.58. The van der Waals surface area contributed by atoms with E-state index >= 15 is 0 Å². The average molecular weight is 1780 g/mol. The Morgan fingerprint density at radius 2 is 0.542 bits per heavy atom. The predicted molar refractivity (Wildman–Crippen MR) is 526 cm³/mol. The van der Waals surface area contributed by atoms with Gasteiger partial charge in [-0.15, -0.1) is 40.8 Å². The molecule has 0 amide bonds. The summed E-state index contributed by atoms with van der Waals surface area (Å²) in [5, 5.41) is 73.4. The second kappa shape index (κ2) is 64.8. The summed E-state index contributed by atoms with van der Waals surface area (Å²) < 4.78 is 0. The van der Waals surface area contributed by atoms with E-state index in [0.717, 1.165) is 142 Å². The number of aromatic nitrogens is 31. The number of rotatable bonds is 0.